The number of carbonyl (C=O) groups excluding carboxylic acids is 2. The number of aromatic nitrogens is 2. The van der Waals surface area contributed by atoms with Gasteiger partial charge in [0.15, 0.2) is 0 Å². The molecule has 0 amide bonds. The van der Waals surface area contributed by atoms with Crippen LogP contribution in [0.2, 0.25) is 0 Å². The van der Waals surface area contributed by atoms with E-state index in [9.17, 15) is 9.59 Å². The molecule has 9 heteroatoms. The maximum Gasteiger partial charge on any atom is 0.356 e. The van der Waals surface area contributed by atoms with Crippen molar-refractivity contribution >= 4 is 50.5 Å². The summed E-state index contributed by atoms with van der Waals surface area (Å²) in [5.74, 6) is -0.0837. The van der Waals surface area contributed by atoms with E-state index in [0.717, 1.165) is 15.0 Å². The normalized spacial score (nSPS) is 9.81. The fourth-order valence-electron chi connectivity index (χ4n) is 2.24. The molecular formula is C22H20BrIN2O5. The van der Waals surface area contributed by atoms with Crippen LogP contribution in [-0.4, -0.2) is 36.1 Å². The van der Waals surface area contributed by atoms with Gasteiger partial charge >= 0.3 is 11.9 Å². The number of carbonyl (C=O) groups is 2. The van der Waals surface area contributed by atoms with Crippen LogP contribution in [0, 0.1) is 3.57 Å². The van der Waals surface area contributed by atoms with Crippen LogP contribution >= 0.6 is 38.5 Å². The zero-order chi connectivity index (χ0) is 22.6. The molecule has 3 rings (SSSR count). The molecule has 3 aromatic rings. The van der Waals surface area contributed by atoms with Gasteiger partial charge in [-0.25, -0.2) is 19.6 Å². The average molecular weight is 599 g/mol. The Bertz CT molecular complexity index is 1010. The lowest BCUT2D eigenvalue weighted by atomic mass is 10.3. The summed E-state index contributed by atoms with van der Waals surface area (Å²) in [5, 5.41) is 0.637. The maximum atomic E-state index is 11.4. The van der Waals surface area contributed by atoms with Gasteiger partial charge in [-0.05, 0) is 71.1 Å². The van der Waals surface area contributed by atoms with Gasteiger partial charge in [0.2, 0.25) is 0 Å². The van der Waals surface area contributed by atoms with Crippen LogP contribution in [0.4, 0.5) is 0 Å². The number of halogens is 2. The van der Waals surface area contributed by atoms with E-state index < -0.39 is 11.9 Å². The Labute approximate surface area is 202 Å². The molecule has 0 fully saturated rings. The van der Waals surface area contributed by atoms with Gasteiger partial charge in [-0.3, -0.25) is 0 Å². The summed E-state index contributed by atoms with van der Waals surface area (Å²) in [6.45, 7) is 0.311. The van der Waals surface area contributed by atoms with Gasteiger partial charge in [-0.1, -0.05) is 28.1 Å². The highest BCUT2D eigenvalue weighted by atomic mass is 127. The summed E-state index contributed by atoms with van der Waals surface area (Å²) < 4.78 is 15.9. The number of pyridine rings is 2. The highest BCUT2D eigenvalue weighted by molar-refractivity contribution is 14.1. The minimum Gasteiger partial charge on any atom is -0.487 e. The minimum atomic E-state index is -0.448. The van der Waals surface area contributed by atoms with Crippen LogP contribution in [0.5, 0.6) is 5.75 Å². The number of methoxy groups -OCH3 is 2. The Balaban J connectivity index is 0.000000245. The molecule has 0 saturated carbocycles. The molecule has 31 heavy (non-hydrogen) atoms. The van der Waals surface area contributed by atoms with E-state index in [2.05, 4.69) is 58.0 Å². The lowest BCUT2D eigenvalue weighted by molar-refractivity contribution is 0.0585. The third kappa shape index (κ3) is 8.25. The molecule has 0 saturated heterocycles. The second kappa shape index (κ2) is 13.0. The molecule has 2 aromatic heterocycles. The summed E-state index contributed by atoms with van der Waals surface area (Å²) in [5.41, 5.74) is 2.13. The Kier molecular flexibility index (Phi) is 10.4. The SMILES string of the molecule is COC(=O)c1cccc(CBr)n1.COC(=O)c1cccc(COc2ccc(I)cc2)n1. The van der Waals surface area contributed by atoms with Crippen molar-refractivity contribution in [2.75, 3.05) is 14.2 Å². The maximum absolute atomic E-state index is 11.4. The predicted octanol–water partition coefficient (Wildman–Crippen LogP) is 4.81. The molecule has 7 nitrogen and oxygen atoms in total. The van der Waals surface area contributed by atoms with Gasteiger partial charge in [0.25, 0.3) is 0 Å². The summed E-state index contributed by atoms with van der Waals surface area (Å²) in [4.78, 5) is 30.5. The van der Waals surface area contributed by atoms with Gasteiger partial charge in [0, 0.05) is 8.90 Å². The van der Waals surface area contributed by atoms with Crippen molar-refractivity contribution in [2.24, 2.45) is 0 Å². The van der Waals surface area contributed by atoms with E-state index in [1.165, 1.54) is 14.2 Å². The Morgan fingerprint density at radius 3 is 1.87 bits per heavy atom. The van der Waals surface area contributed by atoms with Crippen LogP contribution < -0.4 is 4.74 Å². The first kappa shape index (κ1) is 24.7. The van der Waals surface area contributed by atoms with Crippen molar-refractivity contribution in [1.82, 2.24) is 9.97 Å². The lowest BCUT2D eigenvalue weighted by Crippen LogP contribution is -2.07. The van der Waals surface area contributed by atoms with Gasteiger partial charge in [-0.15, -0.1) is 0 Å². The molecule has 0 unspecified atom stereocenters. The summed E-state index contributed by atoms with van der Waals surface area (Å²) >= 11 is 5.48. The third-order valence-electron chi connectivity index (χ3n) is 3.74. The number of benzene rings is 1. The number of esters is 2. The fraction of sp³-hybridized carbons (Fsp3) is 0.182. The first-order chi connectivity index (χ1) is 15.0. The minimum absolute atomic E-state index is 0.284. The average Bonchev–Trinajstić information content (AvgIpc) is 2.83. The van der Waals surface area contributed by atoms with E-state index in [0.29, 0.717) is 23.3 Å². The van der Waals surface area contributed by atoms with E-state index in [1.807, 2.05) is 30.3 Å². The standard InChI is InChI=1S/C14H12INO3.C8H8BrNO2/c1-18-14(17)13-4-2-3-11(16-13)9-19-12-7-5-10(15)6-8-12;1-12-8(11)7-4-2-3-6(5-9)10-7/h2-8H,9H2,1H3;2-4H,5H2,1H3. The van der Waals surface area contributed by atoms with Crippen LogP contribution in [0.25, 0.3) is 0 Å². The Morgan fingerprint density at radius 1 is 0.839 bits per heavy atom. The first-order valence-electron chi connectivity index (χ1n) is 8.99. The molecule has 0 aliphatic carbocycles. The number of hydrogen-bond donors (Lipinski definition) is 0. The highest BCUT2D eigenvalue weighted by Crippen LogP contribution is 2.15. The quantitative estimate of drug-likeness (QED) is 0.228. The molecule has 0 spiro atoms. The fourth-order valence-corrected chi connectivity index (χ4v) is 2.91. The van der Waals surface area contributed by atoms with Gasteiger partial charge in [0.05, 0.1) is 25.6 Å². The summed E-state index contributed by atoms with van der Waals surface area (Å²) in [7, 11) is 2.67. The van der Waals surface area contributed by atoms with Crippen LogP contribution in [-0.2, 0) is 21.4 Å². The zero-order valence-electron chi connectivity index (χ0n) is 16.9. The number of rotatable bonds is 6. The molecule has 162 valence electrons. The van der Waals surface area contributed by atoms with Crippen molar-refractivity contribution < 1.29 is 23.8 Å². The van der Waals surface area contributed by atoms with E-state index in [1.54, 1.807) is 30.3 Å². The molecule has 0 atom stereocenters. The molecular weight excluding hydrogens is 579 g/mol. The second-order valence-electron chi connectivity index (χ2n) is 5.89. The number of ether oxygens (including phenoxy) is 3. The van der Waals surface area contributed by atoms with E-state index in [-0.39, 0.29) is 5.69 Å². The third-order valence-corrected chi connectivity index (χ3v) is 5.03. The molecule has 1 aromatic carbocycles. The predicted molar refractivity (Wildman–Crippen MR) is 127 cm³/mol. The van der Waals surface area contributed by atoms with Crippen LogP contribution in [0.15, 0.2) is 60.7 Å². The molecule has 0 aliphatic rings. The van der Waals surface area contributed by atoms with Crippen molar-refractivity contribution in [3.05, 3.63) is 87.0 Å². The van der Waals surface area contributed by atoms with Gasteiger partial charge in [-0.2, -0.15) is 0 Å². The van der Waals surface area contributed by atoms with Gasteiger partial charge in [0.1, 0.15) is 23.7 Å². The Hall–Kier alpha value is -2.53. The summed E-state index contributed by atoms with van der Waals surface area (Å²) in [6, 6.07) is 18.1. The molecule has 0 radical (unpaired) electrons. The first-order valence-corrected chi connectivity index (χ1v) is 11.2. The van der Waals surface area contributed by atoms with Crippen molar-refractivity contribution in [3.63, 3.8) is 0 Å². The van der Waals surface area contributed by atoms with Crippen molar-refractivity contribution in [3.8, 4) is 5.75 Å². The second-order valence-corrected chi connectivity index (χ2v) is 7.69. The van der Waals surface area contributed by atoms with E-state index >= 15 is 0 Å². The lowest BCUT2D eigenvalue weighted by Gasteiger charge is -2.06. The van der Waals surface area contributed by atoms with E-state index in [4.69, 9.17) is 4.74 Å². The van der Waals surface area contributed by atoms with Gasteiger partial charge < -0.3 is 14.2 Å². The zero-order valence-corrected chi connectivity index (χ0v) is 20.6. The summed E-state index contributed by atoms with van der Waals surface area (Å²) in [6.07, 6.45) is 0. The highest BCUT2D eigenvalue weighted by Gasteiger charge is 2.08. The van der Waals surface area contributed by atoms with Crippen molar-refractivity contribution in [2.45, 2.75) is 11.9 Å². The molecule has 0 aliphatic heterocycles. The molecule has 0 bridgehead atoms. The topological polar surface area (TPSA) is 87.6 Å². The van der Waals surface area contributed by atoms with Crippen LogP contribution in [0.3, 0.4) is 0 Å². The smallest absolute Gasteiger partial charge is 0.356 e. The monoisotopic (exact) mass is 598 g/mol. The van der Waals surface area contributed by atoms with Crippen LogP contribution in [0.1, 0.15) is 32.4 Å². The Morgan fingerprint density at radius 2 is 1.35 bits per heavy atom. The number of nitrogens with zero attached hydrogens (tertiary/aromatic N) is 2. The molecule has 0 N–H and O–H groups in total. The number of alkyl halides is 1. The largest absolute Gasteiger partial charge is 0.487 e. The van der Waals surface area contributed by atoms with Crippen molar-refractivity contribution in [1.29, 1.82) is 0 Å². The molecule has 2 heterocycles. The number of hydrogen-bond acceptors (Lipinski definition) is 7.